The number of halogens is 3. The van der Waals surface area contributed by atoms with E-state index in [0.717, 1.165) is 52.6 Å². The fourth-order valence-corrected chi connectivity index (χ4v) is 5.39. The molecule has 1 saturated carbocycles. The van der Waals surface area contributed by atoms with E-state index in [4.69, 9.17) is 4.99 Å². The number of alkyl halides is 3. The molecule has 0 unspecified atom stereocenters. The van der Waals surface area contributed by atoms with Gasteiger partial charge >= 0.3 is 6.18 Å². The van der Waals surface area contributed by atoms with Crippen LogP contribution in [-0.2, 0) is 6.18 Å². The highest BCUT2D eigenvalue weighted by Gasteiger charge is 2.32. The quantitative estimate of drug-likeness (QED) is 0.300. The summed E-state index contributed by atoms with van der Waals surface area (Å²) in [4.78, 5) is 25.2. The molecule has 2 aromatic carbocycles. The van der Waals surface area contributed by atoms with Crippen molar-refractivity contribution in [3.63, 3.8) is 0 Å². The molecule has 2 aliphatic rings. The molecule has 1 aliphatic carbocycles. The lowest BCUT2D eigenvalue weighted by Crippen LogP contribution is -2.33. The minimum Gasteiger partial charge on any atom is -0.366 e. The Morgan fingerprint density at radius 3 is 2.62 bits per heavy atom. The molecule has 1 amide bonds. The summed E-state index contributed by atoms with van der Waals surface area (Å²) in [7, 11) is 0. The number of aryl methyl sites for hydroxylation is 2. The van der Waals surface area contributed by atoms with E-state index in [1.165, 1.54) is 17.0 Å². The fourth-order valence-electron chi connectivity index (χ4n) is 4.52. The van der Waals surface area contributed by atoms with Crippen molar-refractivity contribution >= 4 is 40.1 Å². The lowest BCUT2D eigenvalue weighted by atomic mass is 10.1. The highest BCUT2D eigenvalue weighted by atomic mass is 32.1. The molecule has 0 radical (unpaired) electrons. The molecule has 6 rings (SSSR count). The maximum atomic E-state index is 13.7. The van der Waals surface area contributed by atoms with Crippen LogP contribution in [0.5, 0.6) is 0 Å². The van der Waals surface area contributed by atoms with Gasteiger partial charge < -0.3 is 20.1 Å². The molecule has 3 heterocycles. The molecule has 1 fully saturated rings. The van der Waals surface area contributed by atoms with Crippen LogP contribution in [0, 0.1) is 13.8 Å². The molecule has 0 bridgehead atoms. The van der Waals surface area contributed by atoms with Crippen LogP contribution in [0.3, 0.4) is 0 Å². The molecular weight excluding hydrogens is 525 g/mol. The molecule has 0 spiro atoms. The number of carbonyl (C=O) groups is 1. The molecule has 7 nitrogen and oxygen atoms in total. The molecule has 1 aliphatic heterocycles. The van der Waals surface area contributed by atoms with E-state index in [-0.39, 0.29) is 11.4 Å². The summed E-state index contributed by atoms with van der Waals surface area (Å²) < 4.78 is 42.5. The zero-order valence-electron chi connectivity index (χ0n) is 21.2. The van der Waals surface area contributed by atoms with E-state index in [0.29, 0.717) is 24.0 Å². The van der Waals surface area contributed by atoms with Gasteiger partial charge in [0.15, 0.2) is 0 Å². The van der Waals surface area contributed by atoms with E-state index >= 15 is 0 Å². The lowest BCUT2D eigenvalue weighted by molar-refractivity contribution is -0.137. The van der Waals surface area contributed by atoms with Crippen LogP contribution in [0.1, 0.15) is 44.9 Å². The summed E-state index contributed by atoms with van der Waals surface area (Å²) in [5.41, 5.74) is 3.19. The minimum atomic E-state index is -4.58. The summed E-state index contributed by atoms with van der Waals surface area (Å²) in [5, 5.41) is 8.18. The molecule has 200 valence electrons. The molecule has 39 heavy (non-hydrogen) atoms. The van der Waals surface area contributed by atoms with E-state index in [2.05, 4.69) is 20.5 Å². The second-order valence-corrected chi connectivity index (χ2v) is 10.7. The van der Waals surface area contributed by atoms with E-state index in [1.807, 2.05) is 24.4 Å². The Morgan fingerprint density at radius 1 is 1.08 bits per heavy atom. The van der Waals surface area contributed by atoms with Crippen LogP contribution in [0.2, 0.25) is 0 Å². The predicted octanol–water partition coefficient (Wildman–Crippen LogP) is 6.43. The summed E-state index contributed by atoms with van der Waals surface area (Å²) in [5.74, 6) is 0.393. The third kappa shape index (κ3) is 5.14. The average molecular weight is 551 g/mol. The second-order valence-electron chi connectivity index (χ2n) is 9.77. The Balaban J connectivity index is 1.29. The van der Waals surface area contributed by atoms with Crippen LogP contribution in [0.15, 0.2) is 65.4 Å². The maximum Gasteiger partial charge on any atom is 0.416 e. The van der Waals surface area contributed by atoms with Gasteiger partial charge in [-0.15, -0.1) is 11.3 Å². The number of aliphatic imine (C=N–C) groups is 1. The Labute approximate surface area is 227 Å². The Hall–Kier alpha value is -4.12. The Kier molecular flexibility index (Phi) is 6.17. The van der Waals surface area contributed by atoms with Crippen LogP contribution < -0.4 is 15.5 Å². The number of anilines is 3. The fraction of sp³-hybridized carbons (Fsp3) is 0.250. The molecule has 2 aromatic heterocycles. The topological polar surface area (TPSA) is 74.6 Å². The molecule has 11 heteroatoms. The van der Waals surface area contributed by atoms with Crippen molar-refractivity contribution in [2.24, 2.45) is 4.99 Å². The summed E-state index contributed by atoms with van der Waals surface area (Å²) in [6.07, 6.45) is 0.777. The zero-order chi connectivity index (χ0) is 27.3. The number of nitrogens with one attached hydrogen (secondary N) is 2. The highest BCUT2D eigenvalue weighted by molar-refractivity contribution is 7.12. The number of imidazole rings is 1. The van der Waals surface area contributed by atoms with E-state index in [9.17, 15) is 18.0 Å². The Bertz CT molecular complexity index is 1600. The van der Waals surface area contributed by atoms with Crippen LogP contribution in [-0.4, -0.2) is 34.0 Å². The first-order chi connectivity index (χ1) is 18.7. The van der Waals surface area contributed by atoms with Crippen molar-refractivity contribution < 1.29 is 18.0 Å². The van der Waals surface area contributed by atoms with Gasteiger partial charge in [0.25, 0.3) is 5.91 Å². The number of thiophene rings is 1. The van der Waals surface area contributed by atoms with Crippen LogP contribution in [0.25, 0.3) is 5.69 Å². The third-order valence-electron chi connectivity index (χ3n) is 6.71. The first-order valence-corrected chi connectivity index (χ1v) is 13.4. The standard InChI is InChI=1S/C28H25F3N6OS/c1-16-3-4-18(9-24(16)37-15-33-26(34-20-5-6-20)25-23(37)7-8-39-25)27(38)35-21-10-19(28(29,30)31)11-22(12-21)36-13-17(2)32-14-36/h3-4,7-14,20H,5-6,15H2,1-2H3,(H,33,34)(H,35,38). The van der Waals surface area contributed by atoms with Crippen molar-refractivity contribution in [3.8, 4) is 5.69 Å². The van der Waals surface area contributed by atoms with Crippen molar-refractivity contribution in [3.05, 3.63) is 87.6 Å². The second kappa shape index (κ2) is 9.57. The van der Waals surface area contributed by atoms with Gasteiger partial charge in [0.05, 0.1) is 28.1 Å². The number of carbonyl (C=O) groups excluding carboxylic acids is 1. The van der Waals surface area contributed by atoms with E-state index < -0.39 is 17.6 Å². The van der Waals surface area contributed by atoms with Crippen molar-refractivity contribution in [1.82, 2.24) is 14.9 Å². The first-order valence-electron chi connectivity index (χ1n) is 12.5. The lowest BCUT2D eigenvalue weighted by Gasteiger charge is -2.29. The Morgan fingerprint density at radius 2 is 1.90 bits per heavy atom. The number of amidine groups is 1. The van der Waals surface area contributed by atoms with Gasteiger partial charge in [0, 0.05) is 34.9 Å². The summed E-state index contributed by atoms with van der Waals surface area (Å²) in [6, 6.07) is 11.2. The van der Waals surface area contributed by atoms with E-state index in [1.54, 1.807) is 36.6 Å². The van der Waals surface area contributed by atoms with Gasteiger partial charge in [-0.3, -0.25) is 4.79 Å². The number of hydrogen-bond donors (Lipinski definition) is 2. The summed E-state index contributed by atoms with van der Waals surface area (Å²) >= 11 is 1.61. The zero-order valence-corrected chi connectivity index (χ0v) is 22.0. The number of amides is 1. The number of nitrogens with zero attached hydrogens (tertiary/aromatic N) is 4. The maximum absolute atomic E-state index is 13.7. The first kappa shape index (κ1) is 25.2. The molecule has 4 aromatic rings. The van der Waals surface area contributed by atoms with Gasteiger partial charge in [-0.25, -0.2) is 9.98 Å². The monoisotopic (exact) mass is 550 g/mol. The normalized spacial score (nSPS) is 15.1. The molecule has 0 saturated heterocycles. The molecule has 0 atom stereocenters. The third-order valence-corrected chi connectivity index (χ3v) is 7.62. The van der Waals surface area contributed by atoms with Gasteiger partial charge in [-0.05, 0) is 74.0 Å². The van der Waals surface area contributed by atoms with Crippen LogP contribution >= 0.6 is 11.3 Å². The summed E-state index contributed by atoms with van der Waals surface area (Å²) in [6.45, 7) is 4.10. The van der Waals surface area contributed by atoms with Crippen molar-refractivity contribution in [2.75, 3.05) is 16.9 Å². The van der Waals surface area contributed by atoms with Crippen molar-refractivity contribution in [2.45, 2.75) is 38.9 Å². The number of fused-ring (bicyclic) bond motifs is 1. The predicted molar refractivity (Wildman–Crippen MR) is 146 cm³/mol. The largest absolute Gasteiger partial charge is 0.416 e. The smallest absolute Gasteiger partial charge is 0.366 e. The van der Waals surface area contributed by atoms with Gasteiger partial charge in [-0.2, -0.15) is 13.2 Å². The van der Waals surface area contributed by atoms with Gasteiger partial charge in [0.1, 0.15) is 12.5 Å². The van der Waals surface area contributed by atoms with Gasteiger partial charge in [-0.1, -0.05) is 6.07 Å². The number of hydrogen-bond acceptors (Lipinski definition) is 6. The van der Waals surface area contributed by atoms with Crippen molar-refractivity contribution in [1.29, 1.82) is 0 Å². The average Bonchev–Trinajstić information content (AvgIpc) is 3.37. The SMILES string of the molecule is Cc1cn(-c2cc(NC(=O)c3ccc(C)c(N4CN=C(NC5CC5)c5sccc54)c3)cc(C(F)(F)F)c2)cn1. The molecule has 2 N–H and O–H groups in total. The minimum absolute atomic E-state index is 0.0387. The van der Waals surface area contributed by atoms with Crippen LogP contribution in [0.4, 0.5) is 30.2 Å². The van der Waals surface area contributed by atoms with Gasteiger partial charge in [0.2, 0.25) is 0 Å². The number of aromatic nitrogens is 2. The highest BCUT2D eigenvalue weighted by Crippen LogP contribution is 2.38. The number of benzene rings is 2. The number of rotatable bonds is 5. The molecular formula is C28H25F3N6OS.